The van der Waals surface area contributed by atoms with Gasteiger partial charge in [0.2, 0.25) is 5.91 Å². The van der Waals surface area contributed by atoms with Gasteiger partial charge in [-0.05, 0) is 29.9 Å². The fraction of sp³-hybridized carbons (Fsp3) is 0.632. The van der Waals surface area contributed by atoms with Crippen molar-refractivity contribution in [3.8, 4) is 0 Å². The van der Waals surface area contributed by atoms with Crippen LogP contribution in [0, 0.1) is 5.92 Å². The van der Waals surface area contributed by atoms with Crippen molar-refractivity contribution in [1.29, 1.82) is 0 Å². The Hall–Kier alpha value is -1.14. The Labute approximate surface area is 157 Å². The Kier molecular flexibility index (Phi) is 9.43. The molecule has 1 aromatic carbocycles. The molecular formula is C19H32ClN3O2. The van der Waals surface area contributed by atoms with Crippen LogP contribution in [0.5, 0.6) is 0 Å². The number of rotatable bonds is 7. The summed E-state index contributed by atoms with van der Waals surface area (Å²) in [6.07, 6.45) is 2.49. The lowest BCUT2D eigenvalue weighted by Crippen LogP contribution is -2.44. The number of nitrogens with zero attached hydrogens (tertiary/aromatic N) is 1. The van der Waals surface area contributed by atoms with E-state index in [1.807, 2.05) is 13.8 Å². The molecule has 0 radical (unpaired) electrons. The smallest absolute Gasteiger partial charge is 0.237 e. The van der Waals surface area contributed by atoms with E-state index in [4.69, 9.17) is 5.73 Å². The molecule has 0 aliphatic carbocycles. The van der Waals surface area contributed by atoms with Gasteiger partial charge in [-0.2, -0.15) is 0 Å². The summed E-state index contributed by atoms with van der Waals surface area (Å²) in [6, 6.07) is 7.90. The minimum Gasteiger partial charge on any atom is -0.393 e. The second-order valence-electron chi connectivity index (χ2n) is 6.95. The van der Waals surface area contributed by atoms with Gasteiger partial charge in [-0.3, -0.25) is 9.69 Å². The zero-order valence-corrected chi connectivity index (χ0v) is 16.1. The van der Waals surface area contributed by atoms with Crippen molar-refractivity contribution in [1.82, 2.24) is 10.2 Å². The molecule has 1 heterocycles. The third-order valence-electron chi connectivity index (χ3n) is 5.01. The third kappa shape index (κ3) is 6.94. The number of aliphatic hydroxyl groups is 1. The van der Waals surface area contributed by atoms with Crippen molar-refractivity contribution in [3.63, 3.8) is 0 Å². The minimum atomic E-state index is -0.441. The summed E-state index contributed by atoms with van der Waals surface area (Å²) in [5, 5.41) is 12.5. The van der Waals surface area contributed by atoms with Crippen LogP contribution in [-0.4, -0.2) is 41.1 Å². The maximum Gasteiger partial charge on any atom is 0.237 e. The van der Waals surface area contributed by atoms with Gasteiger partial charge >= 0.3 is 0 Å². The van der Waals surface area contributed by atoms with Crippen molar-refractivity contribution in [2.45, 2.75) is 58.3 Å². The van der Waals surface area contributed by atoms with E-state index in [0.717, 1.165) is 44.5 Å². The summed E-state index contributed by atoms with van der Waals surface area (Å²) in [5.41, 5.74) is 8.28. The Morgan fingerprint density at radius 2 is 1.84 bits per heavy atom. The van der Waals surface area contributed by atoms with Crippen molar-refractivity contribution >= 4 is 18.3 Å². The summed E-state index contributed by atoms with van der Waals surface area (Å²) >= 11 is 0. The molecule has 1 amide bonds. The maximum absolute atomic E-state index is 12.0. The molecule has 4 N–H and O–H groups in total. The SMILES string of the molecule is CCC(C)C(N)C(=O)NCc1ccc(CN2CCC(O)CC2)cc1.Cl. The molecule has 0 bridgehead atoms. The number of hydrogen-bond acceptors (Lipinski definition) is 4. The molecule has 0 spiro atoms. The predicted octanol–water partition coefficient (Wildman–Crippen LogP) is 2.05. The second kappa shape index (κ2) is 10.8. The molecular weight excluding hydrogens is 338 g/mol. The lowest BCUT2D eigenvalue weighted by molar-refractivity contribution is -0.123. The fourth-order valence-electron chi connectivity index (χ4n) is 2.92. The van der Waals surface area contributed by atoms with E-state index in [-0.39, 0.29) is 30.3 Å². The van der Waals surface area contributed by atoms with Gasteiger partial charge in [0, 0.05) is 26.2 Å². The molecule has 1 saturated heterocycles. The molecule has 1 aliphatic heterocycles. The molecule has 25 heavy (non-hydrogen) atoms. The fourth-order valence-corrected chi connectivity index (χ4v) is 2.92. The highest BCUT2D eigenvalue weighted by molar-refractivity contribution is 5.85. The van der Waals surface area contributed by atoms with Crippen LogP contribution in [0.2, 0.25) is 0 Å². The van der Waals surface area contributed by atoms with Gasteiger partial charge in [0.1, 0.15) is 0 Å². The van der Waals surface area contributed by atoms with E-state index in [0.29, 0.717) is 6.54 Å². The van der Waals surface area contributed by atoms with Crippen molar-refractivity contribution in [3.05, 3.63) is 35.4 Å². The number of halogens is 1. The van der Waals surface area contributed by atoms with Crippen LogP contribution in [0.3, 0.4) is 0 Å². The lowest BCUT2D eigenvalue weighted by Gasteiger charge is -2.29. The van der Waals surface area contributed by atoms with Gasteiger partial charge < -0.3 is 16.2 Å². The van der Waals surface area contributed by atoms with Crippen molar-refractivity contribution in [2.75, 3.05) is 13.1 Å². The van der Waals surface area contributed by atoms with Crippen LogP contribution in [0.1, 0.15) is 44.2 Å². The van der Waals surface area contributed by atoms with Gasteiger partial charge in [-0.15, -0.1) is 12.4 Å². The van der Waals surface area contributed by atoms with E-state index in [1.54, 1.807) is 0 Å². The second-order valence-corrected chi connectivity index (χ2v) is 6.95. The van der Waals surface area contributed by atoms with Crippen LogP contribution in [0.25, 0.3) is 0 Å². The normalized spacial score (nSPS) is 18.2. The summed E-state index contributed by atoms with van der Waals surface area (Å²) in [6.45, 7) is 7.37. The molecule has 1 aromatic rings. The molecule has 1 fully saturated rings. The van der Waals surface area contributed by atoms with Crippen molar-refractivity contribution in [2.24, 2.45) is 11.7 Å². The predicted molar refractivity (Wildman–Crippen MR) is 103 cm³/mol. The summed E-state index contributed by atoms with van der Waals surface area (Å²) in [5.74, 6) is 0.107. The molecule has 1 aliphatic rings. The van der Waals surface area contributed by atoms with Crippen LogP contribution < -0.4 is 11.1 Å². The monoisotopic (exact) mass is 369 g/mol. The number of likely N-dealkylation sites (tertiary alicyclic amines) is 1. The van der Waals surface area contributed by atoms with Crippen LogP contribution in [0.4, 0.5) is 0 Å². The van der Waals surface area contributed by atoms with E-state index in [2.05, 4.69) is 34.5 Å². The van der Waals surface area contributed by atoms with Crippen LogP contribution in [-0.2, 0) is 17.9 Å². The first-order valence-electron chi connectivity index (χ1n) is 9.01. The Morgan fingerprint density at radius 1 is 1.28 bits per heavy atom. The topological polar surface area (TPSA) is 78.6 Å². The number of carbonyl (C=O) groups excluding carboxylic acids is 1. The quantitative estimate of drug-likeness (QED) is 0.687. The number of nitrogens with one attached hydrogen (secondary N) is 1. The molecule has 0 saturated carbocycles. The average Bonchev–Trinajstić information content (AvgIpc) is 2.61. The number of aliphatic hydroxyl groups excluding tert-OH is 1. The Bertz CT molecular complexity index is 516. The first-order valence-corrected chi connectivity index (χ1v) is 9.01. The maximum atomic E-state index is 12.0. The summed E-state index contributed by atoms with van der Waals surface area (Å²) < 4.78 is 0. The average molecular weight is 370 g/mol. The number of carbonyl (C=O) groups is 1. The largest absolute Gasteiger partial charge is 0.393 e. The molecule has 2 atom stereocenters. The lowest BCUT2D eigenvalue weighted by atomic mass is 9.99. The third-order valence-corrected chi connectivity index (χ3v) is 5.01. The first kappa shape index (κ1) is 21.9. The Balaban J connectivity index is 0.00000312. The van der Waals surface area contributed by atoms with E-state index in [9.17, 15) is 9.90 Å². The van der Waals surface area contributed by atoms with Gasteiger partial charge in [0.05, 0.1) is 12.1 Å². The van der Waals surface area contributed by atoms with Gasteiger partial charge in [-0.25, -0.2) is 0 Å². The zero-order chi connectivity index (χ0) is 17.5. The molecule has 142 valence electrons. The highest BCUT2D eigenvalue weighted by Gasteiger charge is 2.19. The number of hydrogen-bond donors (Lipinski definition) is 3. The molecule has 5 nitrogen and oxygen atoms in total. The number of benzene rings is 1. The molecule has 2 rings (SSSR count). The van der Waals surface area contributed by atoms with Gasteiger partial charge in [0.15, 0.2) is 0 Å². The van der Waals surface area contributed by atoms with E-state index < -0.39 is 6.04 Å². The zero-order valence-electron chi connectivity index (χ0n) is 15.3. The van der Waals surface area contributed by atoms with Crippen molar-refractivity contribution < 1.29 is 9.90 Å². The number of piperidine rings is 1. The van der Waals surface area contributed by atoms with E-state index in [1.165, 1.54) is 5.56 Å². The minimum absolute atomic E-state index is 0. The summed E-state index contributed by atoms with van der Waals surface area (Å²) in [4.78, 5) is 14.4. The summed E-state index contributed by atoms with van der Waals surface area (Å²) in [7, 11) is 0. The van der Waals surface area contributed by atoms with Crippen LogP contribution >= 0.6 is 12.4 Å². The Morgan fingerprint density at radius 3 is 2.40 bits per heavy atom. The van der Waals surface area contributed by atoms with Crippen LogP contribution in [0.15, 0.2) is 24.3 Å². The van der Waals surface area contributed by atoms with Gasteiger partial charge in [0.25, 0.3) is 0 Å². The first-order chi connectivity index (χ1) is 11.5. The number of amides is 1. The molecule has 6 heteroatoms. The highest BCUT2D eigenvalue weighted by atomic mass is 35.5. The van der Waals surface area contributed by atoms with Gasteiger partial charge in [-0.1, -0.05) is 44.5 Å². The highest BCUT2D eigenvalue weighted by Crippen LogP contribution is 2.14. The molecule has 2 unspecified atom stereocenters. The standard InChI is InChI=1S/C19H31N3O2.ClH/c1-3-14(2)18(20)19(24)21-12-15-4-6-16(7-5-15)13-22-10-8-17(23)9-11-22;/h4-7,14,17-18,23H,3,8-13,20H2,1-2H3,(H,21,24);1H. The van der Waals surface area contributed by atoms with E-state index >= 15 is 0 Å². The molecule has 0 aromatic heterocycles. The number of nitrogens with two attached hydrogens (primary N) is 1.